The summed E-state index contributed by atoms with van der Waals surface area (Å²) in [5.74, 6) is 0. The van der Waals surface area contributed by atoms with Crippen molar-refractivity contribution in [2.45, 2.75) is 19.9 Å². The summed E-state index contributed by atoms with van der Waals surface area (Å²) < 4.78 is 2.47. The van der Waals surface area contributed by atoms with Gasteiger partial charge in [-0.1, -0.05) is 36.0 Å². The molecule has 0 saturated heterocycles. The van der Waals surface area contributed by atoms with Gasteiger partial charge in [-0.3, -0.25) is 0 Å². The number of thioether (sulfide) groups is 1. The van der Waals surface area contributed by atoms with Crippen molar-refractivity contribution in [2.75, 3.05) is 12.8 Å². The van der Waals surface area contributed by atoms with E-state index < -0.39 is 0 Å². The molecule has 1 heterocycles. The Labute approximate surface area is 89.8 Å². The summed E-state index contributed by atoms with van der Waals surface area (Å²) >= 11 is 1.85. The first kappa shape index (κ1) is 9.78. The molecule has 0 unspecified atom stereocenters. The van der Waals surface area contributed by atoms with E-state index in [4.69, 9.17) is 0 Å². The molecule has 0 bridgehead atoms. The second-order valence-corrected chi connectivity index (χ2v) is 4.66. The third-order valence-corrected chi connectivity index (χ3v) is 3.72. The molecule has 0 N–H and O–H groups in total. The smallest absolute Gasteiger partial charge is 0.207 e. The Balaban J connectivity index is 2.30. The van der Waals surface area contributed by atoms with Crippen LogP contribution in [0.15, 0.2) is 24.3 Å². The molecular formula is C12H16NS+. The molecule has 1 aromatic carbocycles. The molecule has 0 spiro atoms. The van der Waals surface area contributed by atoms with Gasteiger partial charge in [0.25, 0.3) is 0 Å². The highest BCUT2D eigenvalue weighted by atomic mass is 32.2. The second kappa shape index (κ2) is 4.18. The zero-order chi connectivity index (χ0) is 9.97. The molecule has 0 amide bonds. The van der Waals surface area contributed by atoms with E-state index in [0.29, 0.717) is 0 Å². The van der Waals surface area contributed by atoms with E-state index in [9.17, 15) is 0 Å². The van der Waals surface area contributed by atoms with E-state index in [1.165, 1.54) is 29.1 Å². The van der Waals surface area contributed by atoms with Gasteiger partial charge in [0.05, 0.1) is 0 Å². The van der Waals surface area contributed by atoms with Crippen molar-refractivity contribution in [3.63, 3.8) is 0 Å². The zero-order valence-electron chi connectivity index (χ0n) is 8.79. The van der Waals surface area contributed by atoms with Crippen LogP contribution in [0.2, 0.25) is 0 Å². The topological polar surface area (TPSA) is 3.01 Å². The van der Waals surface area contributed by atoms with E-state index in [-0.39, 0.29) is 0 Å². The summed E-state index contributed by atoms with van der Waals surface area (Å²) in [6.45, 7) is 4.46. The van der Waals surface area contributed by atoms with E-state index in [1.807, 2.05) is 11.8 Å². The second-order valence-electron chi connectivity index (χ2n) is 3.66. The van der Waals surface area contributed by atoms with E-state index >= 15 is 0 Å². The molecule has 2 rings (SSSR count). The van der Waals surface area contributed by atoms with Gasteiger partial charge in [-0.2, -0.15) is 0 Å². The minimum atomic E-state index is 1.09. The van der Waals surface area contributed by atoms with E-state index in [2.05, 4.69) is 42.0 Å². The summed E-state index contributed by atoms with van der Waals surface area (Å²) in [4.78, 5) is 0. The fraction of sp³-hybridized carbons (Fsp3) is 0.417. The van der Waals surface area contributed by atoms with Crippen molar-refractivity contribution in [1.29, 1.82) is 0 Å². The molecule has 14 heavy (non-hydrogen) atoms. The first-order valence-corrected chi connectivity index (χ1v) is 6.23. The van der Waals surface area contributed by atoms with Gasteiger partial charge < -0.3 is 0 Å². The molecule has 1 aliphatic heterocycles. The monoisotopic (exact) mass is 206 g/mol. The van der Waals surface area contributed by atoms with Gasteiger partial charge in [-0.15, -0.1) is 0 Å². The Bertz CT molecular complexity index is 368. The molecule has 0 atom stereocenters. The highest BCUT2D eigenvalue weighted by Crippen LogP contribution is 2.17. The van der Waals surface area contributed by atoms with Gasteiger partial charge >= 0.3 is 0 Å². The van der Waals surface area contributed by atoms with Gasteiger partial charge in [0, 0.05) is 18.9 Å². The number of rotatable bonds is 0. The number of hydrogen-bond acceptors (Lipinski definition) is 1. The maximum absolute atomic E-state index is 2.47. The minimum absolute atomic E-state index is 1.09. The first-order chi connectivity index (χ1) is 6.81. The molecule has 2 heteroatoms. The first-order valence-electron chi connectivity index (χ1n) is 5.00. The van der Waals surface area contributed by atoms with Crippen molar-refractivity contribution in [3.8, 4) is 0 Å². The predicted molar refractivity (Wildman–Crippen MR) is 63.2 cm³/mol. The van der Waals surface area contributed by atoms with E-state index in [1.54, 1.807) is 0 Å². The molecule has 0 aromatic heterocycles. The van der Waals surface area contributed by atoms with Crippen molar-refractivity contribution < 1.29 is 4.58 Å². The Morgan fingerprint density at radius 2 is 2.00 bits per heavy atom. The lowest BCUT2D eigenvalue weighted by molar-refractivity contribution is -0.545. The molecule has 74 valence electrons. The maximum atomic E-state index is 2.47. The molecule has 0 radical (unpaired) electrons. The summed E-state index contributed by atoms with van der Waals surface area (Å²) in [5.41, 5.74) is 3.02. The van der Waals surface area contributed by atoms with Crippen molar-refractivity contribution in [2.24, 2.45) is 0 Å². The quantitative estimate of drug-likeness (QED) is 0.465. The lowest BCUT2D eigenvalue weighted by Gasteiger charge is -2.15. The van der Waals surface area contributed by atoms with Crippen LogP contribution in [0.1, 0.15) is 18.1 Å². The Morgan fingerprint density at radius 3 is 2.71 bits per heavy atom. The summed E-state index contributed by atoms with van der Waals surface area (Å²) in [6, 6.07) is 8.77. The average molecular weight is 206 g/mol. The highest BCUT2D eigenvalue weighted by molar-refractivity contribution is 8.13. The number of fused-ring (bicyclic) bond motifs is 1. The standard InChI is InChI=1S/C12H16NS/c1-10(14-2)13-8-7-11-5-3-4-6-12(11)9-13/h3-6H,7-9H2,1-2H3/q+1. The molecule has 0 aliphatic carbocycles. The average Bonchev–Trinajstić information content (AvgIpc) is 2.27. The summed E-state index contributed by atoms with van der Waals surface area (Å²) in [6.07, 6.45) is 3.34. The van der Waals surface area contributed by atoms with Crippen LogP contribution in [-0.4, -0.2) is 22.4 Å². The summed E-state index contributed by atoms with van der Waals surface area (Å²) in [7, 11) is 0. The van der Waals surface area contributed by atoms with E-state index in [0.717, 1.165) is 6.54 Å². The van der Waals surface area contributed by atoms with Crippen LogP contribution in [0, 0.1) is 0 Å². The Hall–Kier alpha value is -0.760. The van der Waals surface area contributed by atoms with Crippen LogP contribution in [-0.2, 0) is 13.0 Å². The molecule has 0 saturated carbocycles. The number of benzene rings is 1. The van der Waals surface area contributed by atoms with Crippen LogP contribution in [0.5, 0.6) is 0 Å². The van der Waals surface area contributed by atoms with Crippen LogP contribution in [0.25, 0.3) is 0 Å². The van der Waals surface area contributed by atoms with Crippen LogP contribution in [0.3, 0.4) is 0 Å². The van der Waals surface area contributed by atoms with Crippen molar-refractivity contribution in [3.05, 3.63) is 35.4 Å². The third kappa shape index (κ3) is 1.85. The Morgan fingerprint density at radius 1 is 1.29 bits per heavy atom. The van der Waals surface area contributed by atoms with Crippen LogP contribution in [0.4, 0.5) is 0 Å². The normalized spacial score (nSPS) is 19.0. The van der Waals surface area contributed by atoms with Crippen LogP contribution < -0.4 is 0 Å². The van der Waals surface area contributed by atoms with Gasteiger partial charge in [-0.05, 0) is 11.8 Å². The third-order valence-electron chi connectivity index (χ3n) is 2.87. The van der Waals surface area contributed by atoms with Crippen molar-refractivity contribution in [1.82, 2.24) is 0 Å². The number of hydrogen-bond donors (Lipinski definition) is 0. The molecule has 1 nitrogen and oxygen atoms in total. The predicted octanol–water partition coefficient (Wildman–Crippen LogP) is 2.54. The van der Waals surface area contributed by atoms with Gasteiger partial charge in [-0.25, -0.2) is 4.58 Å². The minimum Gasteiger partial charge on any atom is -0.223 e. The largest absolute Gasteiger partial charge is 0.223 e. The zero-order valence-corrected chi connectivity index (χ0v) is 9.60. The fourth-order valence-corrected chi connectivity index (χ4v) is 2.31. The molecule has 1 aromatic rings. The van der Waals surface area contributed by atoms with Gasteiger partial charge in [0.1, 0.15) is 6.54 Å². The van der Waals surface area contributed by atoms with Crippen molar-refractivity contribution >= 4 is 16.8 Å². The molecular weight excluding hydrogens is 190 g/mol. The van der Waals surface area contributed by atoms with Crippen LogP contribution >= 0.6 is 11.8 Å². The number of nitrogens with zero attached hydrogens (tertiary/aromatic N) is 1. The maximum Gasteiger partial charge on any atom is 0.207 e. The SMILES string of the molecule is CSC(C)=[N+]1CCc2ccccc2C1. The van der Waals surface area contributed by atoms with Gasteiger partial charge in [0.2, 0.25) is 5.04 Å². The lowest BCUT2D eigenvalue weighted by Crippen LogP contribution is -2.25. The van der Waals surface area contributed by atoms with Gasteiger partial charge in [0.15, 0.2) is 6.54 Å². The molecule has 0 fully saturated rings. The summed E-state index contributed by atoms with van der Waals surface area (Å²) in [5, 5.41) is 1.43. The highest BCUT2D eigenvalue weighted by Gasteiger charge is 2.18. The fourth-order valence-electron chi connectivity index (χ4n) is 1.89. The molecule has 1 aliphatic rings. The Kier molecular flexibility index (Phi) is 2.92. The lowest BCUT2D eigenvalue weighted by atomic mass is 10.0.